The molecule has 0 amide bonds. The molecule has 0 radical (unpaired) electrons. The lowest BCUT2D eigenvalue weighted by Gasteiger charge is -2.34. The Bertz CT molecular complexity index is 448. The van der Waals surface area contributed by atoms with Gasteiger partial charge < -0.3 is 4.74 Å². The van der Waals surface area contributed by atoms with Crippen molar-refractivity contribution in [2.45, 2.75) is 31.7 Å². The maximum Gasteiger partial charge on any atom is 0.303 e. The van der Waals surface area contributed by atoms with Gasteiger partial charge in [-0.15, -0.1) is 11.6 Å². The lowest BCUT2D eigenvalue weighted by Crippen LogP contribution is -2.39. The van der Waals surface area contributed by atoms with Crippen LogP contribution in [0.1, 0.15) is 24.5 Å². The summed E-state index contributed by atoms with van der Waals surface area (Å²) in [5, 5.41) is -0.0874. The second-order valence-corrected chi connectivity index (χ2v) is 4.94. The maximum atomic E-state index is 10.9. The molecule has 0 aliphatic heterocycles. The zero-order valence-corrected chi connectivity index (χ0v) is 10.7. The highest BCUT2D eigenvalue weighted by atomic mass is 35.5. The number of halogens is 1. The predicted octanol–water partition coefficient (Wildman–Crippen LogP) is 3.32. The highest BCUT2D eigenvalue weighted by Gasteiger charge is 2.37. The Balaban J connectivity index is 2.12. The normalized spacial score (nSPS) is 25.5. The van der Waals surface area contributed by atoms with E-state index in [0.29, 0.717) is 0 Å². The molecule has 0 N–H and O–H groups in total. The number of rotatable bonds is 2. The monoisotopic (exact) mass is 250 g/mol. The van der Waals surface area contributed by atoms with Crippen LogP contribution in [0.2, 0.25) is 0 Å². The van der Waals surface area contributed by atoms with Gasteiger partial charge in [-0.1, -0.05) is 35.9 Å². The first-order valence-electron chi connectivity index (χ1n) is 5.64. The number of hydrogen-bond donors (Lipinski definition) is 0. The average Bonchev–Trinajstić information content (AvgIpc) is 2.28. The molecule has 3 heteroatoms. The molecular formula is C14H15ClO2. The third-order valence-corrected chi connectivity index (χ3v) is 3.23. The van der Waals surface area contributed by atoms with Crippen molar-refractivity contribution in [1.29, 1.82) is 0 Å². The highest BCUT2D eigenvalue weighted by molar-refractivity contribution is 6.22. The van der Waals surface area contributed by atoms with E-state index in [4.69, 9.17) is 16.3 Å². The van der Waals surface area contributed by atoms with Gasteiger partial charge in [0.1, 0.15) is 6.10 Å². The second kappa shape index (κ2) is 4.92. The first-order chi connectivity index (χ1) is 8.06. The topological polar surface area (TPSA) is 26.3 Å². The molecule has 17 heavy (non-hydrogen) atoms. The molecule has 1 saturated carbocycles. The van der Waals surface area contributed by atoms with E-state index in [2.05, 4.69) is 31.2 Å². The fraction of sp³-hybridized carbons (Fsp3) is 0.357. The average molecular weight is 251 g/mol. The van der Waals surface area contributed by atoms with Crippen LogP contribution in [0, 0.1) is 6.92 Å². The molecule has 1 aromatic carbocycles. The molecule has 90 valence electrons. The van der Waals surface area contributed by atoms with Gasteiger partial charge >= 0.3 is 5.97 Å². The molecule has 2 rings (SSSR count). The zero-order chi connectivity index (χ0) is 12.4. The van der Waals surface area contributed by atoms with Gasteiger partial charge in [-0.05, 0) is 24.5 Å². The number of carbonyl (C=O) groups excluding carboxylic acids is 1. The van der Waals surface area contributed by atoms with Crippen LogP contribution in [0.15, 0.2) is 29.8 Å². The molecule has 2 atom stereocenters. The van der Waals surface area contributed by atoms with Crippen LogP contribution in [0.25, 0.3) is 6.08 Å². The fourth-order valence-corrected chi connectivity index (χ4v) is 2.26. The molecule has 2 nitrogen and oxygen atoms in total. The SMILES string of the molecule is CC(=O)O[C@H]1/C(=C/c2ccc(C)cc2)C[C@@H]1Cl. The number of ether oxygens (including phenoxy) is 1. The van der Waals surface area contributed by atoms with Crippen LogP contribution < -0.4 is 0 Å². The number of hydrogen-bond acceptors (Lipinski definition) is 2. The molecule has 0 saturated heterocycles. The van der Waals surface area contributed by atoms with Crippen LogP contribution in [0.4, 0.5) is 0 Å². The highest BCUT2D eigenvalue weighted by Crippen LogP contribution is 2.36. The fourth-order valence-electron chi connectivity index (χ4n) is 1.87. The van der Waals surface area contributed by atoms with Crippen molar-refractivity contribution < 1.29 is 9.53 Å². The third-order valence-electron chi connectivity index (χ3n) is 2.85. The molecule has 0 heterocycles. The number of alkyl halides is 1. The standard InChI is InChI=1S/C14H15ClO2/c1-9-3-5-11(6-4-9)7-12-8-13(15)14(12)17-10(2)16/h3-7,13-14H,8H2,1-2H3/b12-7+/t13-,14-/m0/s1. The van der Waals surface area contributed by atoms with Crippen molar-refractivity contribution in [1.82, 2.24) is 0 Å². The molecule has 0 unspecified atom stereocenters. The summed E-state index contributed by atoms with van der Waals surface area (Å²) in [4.78, 5) is 10.9. The third kappa shape index (κ3) is 2.89. The summed E-state index contributed by atoms with van der Waals surface area (Å²) in [5.74, 6) is -0.282. The van der Waals surface area contributed by atoms with E-state index < -0.39 is 0 Å². The molecule has 0 spiro atoms. The Kier molecular flexibility index (Phi) is 3.53. The smallest absolute Gasteiger partial charge is 0.303 e. The Morgan fingerprint density at radius 2 is 2.06 bits per heavy atom. The summed E-state index contributed by atoms with van der Waals surface area (Å²) in [6, 6.07) is 8.22. The number of carbonyl (C=O) groups is 1. The van der Waals surface area contributed by atoms with E-state index in [9.17, 15) is 4.79 Å². The minimum atomic E-state index is -0.282. The minimum Gasteiger partial charge on any atom is -0.456 e. The lowest BCUT2D eigenvalue weighted by molar-refractivity contribution is -0.146. The Labute approximate surface area is 106 Å². The van der Waals surface area contributed by atoms with Gasteiger partial charge in [0.25, 0.3) is 0 Å². The quantitative estimate of drug-likeness (QED) is 0.595. The lowest BCUT2D eigenvalue weighted by atomic mass is 9.86. The van der Waals surface area contributed by atoms with E-state index in [0.717, 1.165) is 17.6 Å². The van der Waals surface area contributed by atoms with Crippen LogP contribution in [-0.4, -0.2) is 17.5 Å². The summed E-state index contributed by atoms with van der Waals surface area (Å²) in [7, 11) is 0. The van der Waals surface area contributed by atoms with Crippen LogP contribution in [0.3, 0.4) is 0 Å². The van der Waals surface area contributed by atoms with E-state index in [1.165, 1.54) is 12.5 Å². The Morgan fingerprint density at radius 3 is 2.59 bits per heavy atom. The largest absolute Gasteiger partial charge is 0.456 e. The van der Waals surface area contributed by atoms with Crippen LogP contribution in [0.5, 0.6) is 0 Å². The zero-order valence-electron chi connectivity index (χ0n) is 9.94. The van der Waals surface area contributed by atoms with Crippen molar-refractivity contribution in [3.05, 3.63) is 41.0 Å². The van der Waals surface area contributed by atoms with E-state index >= 15 is 0 Å². The molecule has 1 aliphatic carbocycles. The van der Waals surface area contributed by atoms with Crippen LogP contribution >= 0.6 is 11.6 Å². The van der Waals surface area contributed by atoms with Crippen molar-refractivity contribution in [2.24, 2.45) is 0 Å². The molecule has 1 fully saturated rings. The summed E-state index contributed by atoms with van der Waals surface area (Å²) in [6.45, 7) is 3.46. The summed E-state index contributed by atoms with van der Waals surface area (Å²) < 4.78 is 5.17. The van der Waals surface area contributed by atoms with Gasteiger partial charge in [-0.2, -0.15) is 0 Å². The van der Waals surface area contributed by atoms with Crippen LogP contribution in [-0.2, 0) is 9.53 Å². The predicted molar refractivity (Wildman–Crippen MR) is 69.0 cm³/mol. The van der Waals surface area contributed by atoms with Crippen molar-refractivity contribution in [3.8, 4) is 0 Å². The van der Waals surface area contributed by atoms with E-state index in [1.54, 1.807) is 0 Å². The second-order valence-electron chi connectivity index (χ2n) is 4.38. The van der Waals surface area contributed by atoms with Gasteiger partial charge in [-0.25, -0.2) is 0 Å². The summed E-state index contributed by atoms with van der Waals surface area (Å²) >= 11 is 6.03. The minimum absolute atomic E-state index is 0.0874. The van der Waals surface area contributed by atoms with Gasteiger partial charge in [0, 0.05) is 6.92 Å². The van der Waals surface area contributed by atoms with Gasteiger partial charge in [0.2, 0.25) is 0 Å². The molecule has 1 aromatic rings. The number of benzene rings is 1. The summed E-state index contributed by atoms with van der Waals surface area (Å²) in [6.07, 6.45) is 2.58. The molecule has 0 aromatic heterocycles. The molecular weight excluding hydrogens is 236 g/mol. The van der Waals surface area contributed by atoms with Gasteiger partial charge in [0.05, 0.1) is 5.38 Å². The van der Waals surface area contributed by atoms with Crippen molar-refractivity contribution in [3.63, 3.8) is 0 Å². The number of aryl methyl sites for hydroxylation is 1. The van der Waals surface area contributed by atoms with Gasteiger partial charge in [0.15, 0.2) is 0 Å². The van der Waals surface area contributed by atoms with E-state index in [-0.39, 0.29) is 17.5 Å². The molecule has 0 bridgehead atoms. The maximum absolute atomic E-state index is 10.9. The Morgan fingerprint density at radius 1 is 1.41 bits per heavy atom. The van der Waals surface area contributed by atoms with Crippen molar-refractivity contribution in [2.75, 3.05) is 0 Å². The van der Waals surface area contributed by atoms with E-state index in [1.807, 2.05) is 6.08 Å². The van der Waals surface area contributed by atoms with Crippen molar-refractivity contribution >= 4 is 23.6 Å². The van der Waals surface area contributed by atoms with Gasteiger partial charge in [-0.3, -0.25) is 4.79 Å². The molecule has 1 aliphatic rings. The Hall–Kier alpha value is -1.28. The number of esters is 1. The first-order valence-corrected chi connectivity index (χ1v) is 6.08. The first kappa shape index (κ1) is 12.2. The summed E-state index contributed by atoms with van der Waals surface area (Å²) in [5.41, 5.74) is 3.43.